The maximum Gasteiger partial charge on any atom is 0.292 e. The van der Waals surface area contributed by atoms with Gasteiger partial charge in [-0.1, -0.05) is 24.3 Å². The third kappa shape index (κ3) is 5.11. The first kappa shape index (κ1) is 21.6. The third-order valence-electron chi connectivity index (χ3n) is 4.74. The van der Waals surface area contributed by atoms with Crippen LogP contribution < -0.4 is 20.1 Å². The summed E-state index contributed by atoms with van der Waals surface area (Å²) in [5, 5.41) is 16.9. The van der Waals surface area contributed by atoms with E-state index in [9.17, 15) is 14.9 Å². The molecule has 0 bridgehead atoms. The van der Waals surface area contributed by atoms with Crippen LogP contribution in [0, 0.1) is 10.1 Å². The molecule has 0 unspecified atom stereocenters. The number of rotatable bonds is 8. The van der Waals surface area contributed by atoms with Crippen molar-refractivity contribution >= 4 is 23.0 Å². The van der Waals surface area contributed by atoms with E-state index in [1.165, 1.54) is 12.1 Å². The van der Waals surface area contributed by atoms with Crippen molar-refractivity contribution in [2.45, 2.75) is 13.0 Å². The molecule has 0 saturated carbocycles. The summed E-state index contributed by atoms with van der Waals surface area (Å²) >= 11 is 0. The Bertz CT molecular complexity index is 1080. The van der Waals surface area contributed by atoms with Gasteiger partial charge in [-0.05, 0) is 48.9 Å². The number of hydrogen-bond donors (Lipinski definition) is 2. The largest absolute Gasteiger partial charge is 0.497 e. The molecule has 2 N–H and O–H groups in total. The molecule has 0 heterocycles. The van der Waals surface area contributed by atoms with Crippen LogP contribution in [-0.2, 0) is 4.79 Å². The van der Waals surface area contributed by atoms with E-state index in [1.807, 2.05) is 36.4 Å². The minimum Gasteiger partial charge on any atom is -0.497 e. The fourth-order valence-electron chi connectivity index (χ4n) is 3.09. The second-order valence-electron chi connectivity index (χ2n) is 6.77. The van der Waals surface area contributed by atoms with E-state index in [2.05, 4.69) is 10.6 Å². The van der Waals surface area contributed by atoms with Crippen LogP contribution in [0.25, 0.3) is 11.1 Å². The molecular formula is C23H23N3O5. The molecule has 0 radical (unpaired) electrons. The Kier molecular flexibility index (Phi) is 6.71. The summed E-state index contributed by atoms with van der Waals surface area (Å²) in [5.74, 6) is 1.04. The fourth-order valence-corrected chi connectivity index (χ4v) is 3.09. The molecular weight excluding hydrogens is 398 g/mol. The Labute approximate surface area is 180 Å². The van der Waals surface area contributed by atoms with Crippen molar-refractivity contribution in [2.24, 2.45) is 0 Å². The van der Waals surface area contributed by atoms with Crippen LogP contribution in [0.2, 0.25) is 0 Å². The van der Waals surface area contributed by atoms with Crippen LogP contribution in [0.15, 0.2) is 66.7 Å². The van der Waals surface area contributed by atoms with Gasteiger partial charge in [0.05, 0.1) is 19.1 Å². The van der Waals surface area contributed by atoms with Gasteiger partial charge in [0.25, 0.3) is 5.69 Å². The van der Waals surface area contributed by atoms with Crippen molar-refractivity contribution in [1.82, 2.24) is 0 Å². The molecule has 0 aliphatic rings. The van der Waals surface area contributed by atoms with Gasteiger partial charge < -0.3 is 20.1 Å². The van der Waals surface area contributed by atoms with Crippen molar-refractivity contribution < 1.29 is 19.2 Å². The maximum atomic E-state index is 12.6. The number of nitrogens with one attached hydrogen (secondary N) is 2. The van der Waals surface area contributed by atoms with E-state index >= 15 is 0 Å². The summed E-state index contributed by atoms with van der Waals surface area (Å²) in [5.41, 5.74) is 2.48. The molecule has 0 fully saturated rings. The quantitative estimate of drug-likeness (QED) is 0.403. The van der Waals surface area contributed by atoms with Gasteiger partial charge in [0.2, 0.25) is 5.91 Å². The lowest BCUT2D eigenvalue weighted by atomic mass is 10.0. The van der Waals surface area contributed by atoms with Gasteiger partial charge in [-0.15, -0.1) is 0 Å². The van der Waals surface area contributed by atoms with Gasteiger partial charge in [0.1, 0.15) is 23.2 Å². The highest BCUT2D eigenvalue weighted by atomic mass is 16.6. The van der Waals surface area contributed by atoms with Crippen LogP contribution in [-0.4, -0.2) is 31.1 Å². The first-order valence-corrected chi connectivity index (χ1v) is 9.56. The second kappa shape index (κ2) is 9.62. The summed E-state index contributed by atoms with van der Waals surface area (Å²) in [4.78, 5) is 23.2. The summed E-state index contributed by atoms with van der Waals surface area (Å²) in [6.07, 6.45) is 0. The van der Waals surface area contributed by atoms with Crippen LogP contribution in [0.3, 0.4) is 0 Å². The smallest absolute Gasteiger partial charge is 0.292 e. The fraction of sp³-hybridized carbons (Fsp3) is 0.174. The van der Waals surface area contributed by atoms with Crippen LogP contribution in [0.5, 0.6) is 11.5 Å². The average Bonchev–Trinajstić information content (AvgIpc) is 2.79. The molecule has 8 nitrogen and oxygen atoms in total. The SMILES string of the molecule is COc1ccc(-c2cc(N[C@@H](C)C(=O)Nc3ccccc3[N+](=O)[O-])ccc2OC)cc1. The van der Waals surface area contributed by atoms with Crippen molar-refractivity contribution in [3.63, 3.8) is 0 Å². The van der Waals surface area contributed by atoms with Crippen molar-refractivity contribution in [3.05, 3.63) is 76.8 Å². The van der Waals surface area contributed by atoms with Gasteiger partial charge in [0, 0.05) is 17.3 Å². The van der Waals surface area contributed by atoms with Crippen LogP contribution >= 0.6 is 0 Å². The van der Waals surface area contributed by atoms with E-state index in [1.54, 1.807) is 39.3 Å². The van der Waals surface area contributed by atoms with E-state index in [0.29, 0.717) is 11.4 Å². The first-order chi connectivity index (χ1) is 14.9. The number of nitrogens with zero attached hydrogens (tertiary/aromatic N) is 1. The third-order valence-corrected chi connectivity index (χ3v) is 4.74. The van der Waals surface area contributed by atoms with E-state index < -0.39 is 16.9 Å². The molecule has 3 aromatic carbocycles. The summed E-state index contributed by atoms with van der Waals surface area (Å²) < 4.78 is 10.7. The lowest BCUT2D eigenvalue weighted by Gasteiger charge is -2.17. The molecule has 3 rings (SSSR count). The predicted molar refractivity (Wildman–Crippen MR) is 120 cm³/mol. The zero-order valence-electron chi connectivity index (χ0n) is 17.4. The highest BCUT2D eigenvalue weighted by molar-refractivity contribution is 5.98. The number of methoxy groups -OCH3 is 2. The minimum absolute atomic E-state index is 0.153. The Hall–Kier alpha value is -4.07. The molecule has 1 atom stereocenters. The summed E-state index contributed by atoms with van der Waals surface area (Å²) in [6, 6.07) is 18.4. The molecule has 160 valence electrons. The zero-order valence-corrected chi connectivity index (χ0v) is 17.4. The van der Waals surface area contributed by atoms with E-state index in [4.69, 9.17) is 9.47 Å². The number of para-hydroxylation sites is 2. The molecule has 0 aliphatic heterocycles. The van der Waals surface area contributed by atoms with Gasteiger partial charge in [-0.25, -0.2) is 0 Å². The molecule has 3 aromatic rings. The van der Waals surface area contributed by atoms with E-state index in [-0.39, 0.29) is 11.4 Å². The zero-order chi connectivity index (χ0) is 22.4. The van der Waals surface area contributed by atoms with Gasteiger partial charge in [-0.2, -0.15) is 0 Å². The monoisotopic (exact) mass is 421 g/mol. The van der Waals surface area contributed by atoms with Crippen LogP contribution in [0.4, 0.5) is 17.1 Å². The Morgan fingerprint density at radius 2 is 1.71 bits per heavy atom. The number of hydrogen-bond acceptors (Lipinski definition) is 6. The number of nitro benzene ring substituents is 1. The summed E-state index contributed by atoms with van der Waals surface area (Å²) in [7, 11) is 3.20. The molecule has 1 amide bonds. The van der Waals surface area contributed by atoms with Gasteiger partial charge >= 0.3 is 0 Å². The number of amides is 1. The number of carbonyl (C=O) groups is 1. The lowest BCUT2D eigenvalue weighted by molar-refractivity contribution is -0.383. The number of nitro groups is 1. The Balaban J connectivity index is 1.79. The number of anilines is 2. The average molecular weight is 421 g/mol. The maximum absolute atomic E-state index is 12.6. The number of benzene rings is 3. The minimum atomic E-state index is -0.642. The van der Waals surface area contributed by atoms with Gasteiger partial charge in [-0.3, -0.25) is 14.9 Å². The number of carbonyl (C=O) groups excluding carboxylic acids is 1. The Morgan fingerprint density at radius 3 is 2.35 bits per heavy atom. The molecule has 0 spiro atoms. The van der Waals surface area contributed by atoms with Gasteiger partial charge in [0.15, 0.2) is 0 Å². The normalized spacial score (nSPS) is 11.3. The van der Waals surface area contributed by atoms with Crippen molar-refractivity contribution in [1.29, 1.82) is 0 Å². The summed E-state index contributed by atoms with van der Waals surface area (Å²) in [6.45, 7) is 1.68. The molecule has 0 aromatic heterocycles. The van der Waals surface area contributed by atoms with E-state index in [0.717, 1.165) is 16.9 Å². The number of ether oxygens (including phenoxy) is 2. The first-order valence-electron chi connectivity index (χ1n) is 9.56. The predicted octanol–water partition coefficient (Wildman–Crippen LogP) is 4.72. The highest BCUT2D eigenvalue weighted by Crippen LogP contribution is 2.33. The second-order valence-corrected chi connectivity index (χ2v) is 6.77. The lowest BCUT2D eigenvalue weighted by Crippen LogP contribution is -2.32. The Morgan fingerprint density at radius 1 is 1.00 bits per heavy atom. The molecule has 8 heteroatoms. The molecule has 0 saturated heterocycles. The molecule has 31 heavy (non-hydrogen) atoms. The van der Waals surface area contributed by atoms with Crippen molar-refractivity contribution in [2.75, 3.05) is 24.9 Å². The standard InChI is InChI=1S/C23H23N3O5/c1-15(23(27)25-20-6-4-5-7-21(20)26(28)29)24-17-10-13-22(31-3)19(14-17)16-8-11-18(30-2)12-9-16/h4-15,24H,1-3H3,(H,25,27)/t15-/m0/s1. The van der Waals surface area contributed by atoms with Crippen LogP contribution in [0.1, 0.15) is 6.92 Å². The highest BCUT2D eigenvalue weighted by Gasteiger charge is 2.19. The van der Waals surface area contributed by atoms with Crippen molar-refractivity contribution in [3.8, 4) is 22.6 Å². The molecule has 0 aliphatic carbocycles. The topological polar surface area (TPSA) is 103 Å².